The zero-order valence-electron chi connectivity index (χ0n) is 12.7. The van der Waals surface area contributed by atoms with Crippen LogP contribution < -0.4 is 0 Å². The van der Waals surface area contributed by atoms with Crippen LogP contribution in [0.2, 0.25) is 0 Å². The Hall–Kier alpha value is -2.07. The highest BCUT2D eigenvalue weighted by molar-refractivity contribution is 9.10. The van der Waals surface area contributed by atoms with Gasteiger partial charge in [-0.25, -0.2) is 13.8 Å². The predicted octanol–water partition coefficient (Wildman–Crippen LogP) is 6.07. The van der Waals surface area contributed by atoms with Crippen LogP contribution in [0.3, 0.4) is 0 Å². The van der Waals surface area contributed by atoms with Crippen LogP contribution in [0, 0.1) is 25.5 Å². The molecule has 0 N–H and O–H groups in total. The van der Waals surface area contributed by atoms with E-state index in [2.05, 4.69) is 20.9 Å². The molecule has 3 aromatic rings. The number of benzene rings is 2. The zero-order valence-corrected chi connectivity index (χ0v) is 14.3. The number of halogens is 3. The standard InChI is InChI=1S/C19H14BrF2N/c1-11-3-7-13(8-4-11)18-16(21)15(20)17(22)19(23-18)14-9-5-12(2)6-10-14/h3-10H,1-2H3. The predicted molar refractivity (Wildman–Crippen MR) is 92.2 cm³/mol. The van der Waals surface area contributed by atoms with Crippen LogP contribution in [0.1, 0.15) is 11.1 Å². The Labute approximate surface area is 142 Å². The molecular formula is C19H14BrF2N. The largest absolute Gasteiger partial charge is 0.242 e. The number of hydrogen-bond donors (Lipinski definition) is 0. The van der Waals surface area contributed by atoms with Crippen molar-refractivity contribution in [2.45, 2.75) is 13.8 Å². The van der Waals surface area contributed by atoms with Crippen LogP contribution in [-0.2, 0) is 0 Å². The first-order valence-electron chi connectivity index (χ1n) is 7.16. The van der Waals surface area contributed by atoms with Gasteiger partial charge in [0.1, 0.15) is 11.4 Å². The quantitative estimate of drug-likeness (QED) is 0.530. The van der Waals surface area contributed by atoms with Crippen LogP contribution in [0.15, 0.2) is 53.0 Å². The van der Waals surface area contributed by atoms with Gasteiger partial charge in [0.2, 0.25) is 0 Å². The summed E-state index contributed by atoms with van der Waals surface area (Å²) in [5.74, 6) is -1.38. The Bertz CT molecular complexity index is 786. The van der Waals surface area contributed by atoms with Crippen molar-refractivity contribution in [3.05, 3.63) is 75.8 Å². The van der Waals surface area contributed by atoms with Crippen molar-refractivity contribution in [1.82, 2.24) is 4.98 Å². The third-order valence-corrected chi connectivity index (χ3v) is 4.37. The van der Waals surface area contributed by atoms with E-state index in [-0.39, 0.29) is 15.9 Å². The first-order chi connectivity index (χ1) is 11.0. The van der Waals surface area contributed by atoms with E-state index in [0.717, 1.165) is 11.1 Å². The molecule has 0 saturated carbocycles. The van der Waals surface area contributed by atoms with Gasteiger partial charge in [-0.3, -0.25) is 0 Å². The van der Waals surface area contributed by atoms with Gasteiger partial charge in [-0.15, -0.1) is 0 Å². The molecule has 0 amide bonds. The second-order valence-corrected chi connectivity index (χ2v) is 6.28. The molecule has 1 nitrogen and oxygen atoms in total. The molecule has 1 aromatic heterocycles. The Morgan fingerprint density at radius 3 is 1.39 bits per heavy atom. The van der Waals surface area contributed by atoms with E-state index in [1.54, 1.807) is 24.3 Å². The van der Waals surface area contributed by atoms with Gasteiger partial charge in [0.15, 0.2) is 11.6 Å². The molecule has 116 valence electrons. The van der Waals surface area contributed by atoms with Crippen molar-refractivity contribution in [3.8, 4) is 22.5 Å². The number of rotatable bonds is 2. The monoisotopic (exact) mass is 373 g/mol. The van der Waals surface area contributed by atoms with Gasteiger partial charge in [0.25, 0.3) is 0 Å². The van der Waals surface area contributed by atoms with E-state index in [1.165, 1.54) is 0 Å². The van der Waals surface area contributed by atoms with E-state index in [0.29, 0.717) is 11.1 Å². The number of aromatic nitrogens is 1. The van der Waals surface area contributed by atoms with Gasteiger partial charge in [0.05, 0.1) is 4.47 Å². The molecule has 0 radical (unpaired) electrons. The lowest BCUT2D eigenvalue weighted by Gasteiger charge is -2.11. The molecular weight excluding hydrogens is 360 g/mol. The van der Waals surface area contributed by atoms with E-state index < -0.39 is 11.6 Å². The SMILES string of the molecule is Cc1ccc(-c2nc(-c3ccc(C)cc3)c(F)c(Br)c2F)cc1. The lowest BCUT2D eigenvalue weighted by atomic mass is 10.1. The van der Waals surface area contributed by atoms with Gasteiger partial charge in [-0.2, -0.15) is 0 Å². The van der Waals surface area contributed by atoms with Crippen LogP contribution in [-0.4, -0.2) is 4.98 Å². The normalized spacial score (nSPS) is 10.8. The number of aryl methyl sites for hydroxylation is 2. The number of nitrogens with zero attached hydrogens (tertiary/aromatic N) is 1. The highest BCUT2D eigenvalue weighted by atomic mass is 79.9. The van der Waals surface area contributed by atoms with Crippen molar-refractivity contribution >= 4 is 15.9 Å². The van der Waals surface area contributed by atoms with Gasteiger partial charge in [-0.05, 0) is 29.8 Å². The molecule has 3 rings (SSSR count). The first-order valence-corrected chi connectivity index (χ1v) is 7.95. The summed E-state index contributed by atoms with van der Waals surface area (Å²) in [7, 11) is 0. The van der Waals surface area contributed by atoms with Crippen molar-refractivity contribution in [3.63, 3.8) is 0 Å². The molecule has 0 spiro atoms. The molecule has 23 heavy (non-hydrogen) atoms. The molecule has 0 aliphatic heterocycles. The summed E-state index contributed by atoms with van der Waals surface area (Å²) in [6, 6.07) is 14.6. The summed E-state index contributed by atoms with van der Waals surface area (Å²) < 4.78 is 28.7. The second kappa shape index (κ2) is 6.20. The van der Waals surface area contributed by atoms with Crippen molar-refractivity contribution in [1.29, 1.82) is 0 Å². The van der Waals surface area contributed by atoms with Gasteiger partial charge in [-0.1, -0.05) is 59.7 Å². The lowest BCUT2D eigenvalue weighted by Crippen LogP contribution is -1.99. The number of hydrogen-bond acceptors (Lipinski definition) is 1. The molecule has 4 heteroatoms. The van der Waals surface area contributed by atoms with E-state index in [4.69, 9.17) is 0 Å². The maximum absolute atomic E-state index is 14.5. The van der Waals surface area contributed by atoms with Gasteiger partial charge in [0, 0.05) is 11.1 Å². The summed E-state index contributed by atoms with van der Waals surface area (Å²) in [5, 5.41) is 0. The second-order valence-electron chi connectivity index (χ2n) is 5.48. The minimum Gasteiger partial charge on any atom is -0.242 e. The van der Waals surface area contributed by atoms with E-state index >= 15 is 0 Å². The molecule has 0 aliphatic rings. The minimum absolute atomic E-state index is 0.133. The highest BCUT2D eigenvalue weighted by Gasteiger charge is 2.20. The summed E-state index contributed by atoms with van der Waals surface area (Å²) in [4.78, 5) is 4.25. The Balaban J connectivity index is 2.22. The summed E-state index contributed by atoms with van der Waals surface area (Å²) in [5.41, 5.74) is 3.62. The van der Waals surface area contributed by atoms with Crippen LogP contribution >= 0.6 is 15.9 Å². The molecule has 1 heterocycles. The molecule has 0 unspecified atom stereocenters. The molecule has 0 bridgehead atoms. The Kier molecular flexibility index (Phi) is 4.26. The molecule has 0 fully saturated rings. The smallest absolute Gasteiger partial charge is 0.166 e. The summed E-state index contributed by atoms with van der Waals surface area (Å²) in [6.45, 7) is 3.90. The molecule has 0 saturated heterocycles. The van der Waals surface area contributed by atoms with Gasteiger partial charge >= 0.3 is 0 Å². The average molecular weight is 374 g/mol. The van der Waals surface area contributed by atoms with E-state index in [1.807, 2.05) is 38.1 Å². The maximum atomic E-state index is 14.5. The van der Waals surface area contributed by atoms with Gasteiger partial charge < -0.3 is 0 Å². The maximum Gasteiger partial charge on any atom is 0.166 e. The fraction of sp³-hybridized carbons (Fsp3) is 0.105. The Morgan fingerprint density at radius 2 is 1.04 bits per heavy atom. The molecule has 0 atom stereocenters. The molecule has 0 aliphatic carbocycles. The third-order valence-electron chi connectivity index (χ3n) is 3.67. The topological polar surface area (TPSA) is 12.9 Å². The van der Waals surface area contributed by atoms with Crippen LogP contribution in [0.4, 0.5) is 8.78 Å². The van der Waals surface area contributed by atoms with Crippen molar-refractivity contribution in [2.75, 3.05) is 0 Å². The highest BCUT2D eigenvalue weighted by Crippen LogP contribution is 2.34. The summed E-state index contributed by atoms with van der Waals surface area (Å²) >= 11 is 3.01. The lowest BCUT2D eigenvalue weighted by molar-refractivity contribution is 0.568. The summed E-state index contributed by atoms with van der Waals surface area (Å²) in [6.07, 6.45) is 0. The Morgan fingerprint density at radius 1 is 0.696 bits per heavy atom. The van der Waals surface area contributed by atoms with Crippen molar-refractivity contribution < 1.29 is 8.78 Å². The zero-order chi connectivity index (χ0) is 16.6. The number of pyridine rings is 1. The van der Waals surface area contributed by atoms with Crippen LogP contribution in [0.5, 0.6) is 0 Å². The van der Waals surface area contributed by atoms with Crippen molar-refractivity contribution in [2.24, 2.45) is 0 Å². The average Bonchev–Trinajstić information content (AvgIpc) is 2.55. The first kappa shape index (κ1) is 15.8. The molecule has 2 aromatic carbocycles. The fourth-order valence-corrected chi connectivity index (χ4v) is 2.70. The van der Waals surface area contributed by atoms with E-state index in [9.17, 15) is 8.78 Å². The van der Waals surface area contributed by atoms with Crippen LogP contribution in [0.25, 0.3) is 22.5 Å². The minimum atomic E-state index is -0.692. The fourth-order valence-electron chi connectivity index (χ4n) is 2.32. The third kappa shape index (κ3) is 3.04.